The smallest absolute Gasteiger partial charge is 0.230 e. The number of halogens is 1. The van der Waals surface area contributed by atoms with Crippen LogP contribution in [0.4, 0.5) is 17.3 Å². The molecular formula is C20H15BrN6O. The molecule has 0 unspecified atom stereocenters. The molecule has 3 rings (SSSR count). The van der Waals surface area contributed by atoms with Crippen LogP contribution in [0.2, 0.25) is 0 Å². The van der Waals surface area contributed by atoms with Crippen molar-refractivity contribution in [3.63, 3.8) is 0 Å². The van der Waals surface area contributed by atoms with E-state index < -0.39 is 0 Å². The lowest BCUT2D eigenvalue weighted by Crippen LogP contribution is -2.03. The van der Waals surface area contributed by atoms with Crippen LogP contribution in [0.3, 0.4) is 0 Å². The number of ether oxygens (including phenoxy) is 1. The molecule has 0 aliphatic heterocycles. The Bertz CT molecular complexity index is 1120. The molecule has 3 N–H and O–H groups in total. The van der Waals surface area contributed by atoms with E-state index in [2.05, 4.69) is 43.4 Å². The van der Waals surface area contributed by atoms with Crippen LogP contribution < -0.4 is 15.8 Å². The van der Waals surface area contributed by atoms with Gasteiger partial charge in [-0.25, -0.2) is 4.98 Å². The largest absolute Gasteiger partial charge is 0.438 e. The summed E-state index contributed by atoms with van der Waals surface area (Å²) in [5, 5.41) is 21.2. The molecule has 0 radical (unpaired) electrons. The molecule has 0 fully saturated rings. The highest BCUT2D eigenvalue weighted by molar-refractivity contribution is 9.10. The number of nitrogens with one attached hydrogen (secondary N) is 1. The van der Waals surface area contributed by atoms with Crippen molar-refractivity contribution in [3.8, 4) is 23.8 Å². The van der Waals surface area contributed by atoms with Gasteiger partial charge in [0.05, 0.1) is 33.0 Å². The van der Waals surface area contributed by atoms with E-state index in [-0.39, 0.29) is 0 Å². The predicted octanol–water partition coefficient (Wildman–Crippen LogP) is 4.72. The van der Waals surface area contributed by atoms with Crippen molar-refractivity contribution in [3.05, 3.63) is 63.3 Å². The number of benzene rings is 2. The third-order valence-electron chi connectivity index (χ3n) is 3.97. The van der Waals surface area contributed by atoms with Gasteiger partial charge in [-0.2, -0.15) is 15.5 Å². The lowest BCUT2D eigenvalue weighted by Gasteiger charge is -2.13. The lowest BCUT2D eigenvalue weighted by atomic mass is 10.1. The average Bonchev–Trinajstić information content (AvgIpc) is 2.68. The number of hydrogen-bond donors (Lipinski definition) is 2. The van der Waals surface area contributed by atoms with E-state index in [4.69, 9.17) is 21.0 Å². The van der Waals surface area contributed by atoms with Gasteiger partial charge < -0.3 is 15.8 Å². The first-order chi connectivity index (χ1) is 13.4. The van der Waals surface area contributed by atoms with E-state index in [0.29, 0.717) is 44.6 Å². The first kappa shape index (κ1) is 19.2. The van der Waals surface area contributed by atoms with Crippen molar-refractivity contribution >= 4 is 33.3 Å². The minimum Gasteiger partial charge on any atom is -0.438 e. The Labute approximate surface area is 170 Å². The molecule has 1 heterocycles. The molecule has 8 heteroatoms. The number of anilines is 3. The van der Waals surface area contributed by atoms with Gasteiger partial charge in [-0.1, -0.05) is 0 Å². The van der Waals surface area contributed by atoms with Gasteiger partial charge in [-0.3, -0.25) is 0 Å². The van der Waals surface area contributed by atoms with Crippen LogP contribution >= 0.6 is 15.9 Å². The van der Waals surface area contributed by atoms with Gasteiger partial charge in [0.25, 0.3) is 0 Å². The number of aromatic nitrogens is 2. The van der Waals surface area contributed by atoms with Crippen LogP contribution in [-0.4, -0.2) is 9.97 Å². The van der Waals surface area contributed by atoms with E-state index in [1.165, 1.54) is 0 Å². The first-order valence-corrected chi connectivity index (χ1v) is 8.99. The summed E-state index contributed by atoms with van der Waals surface area (Å²) in [6.07, 6.45) is 1.56. The van der Waals surface area contributed by atoms with Crippen LogP contribution in [0.1, 0.15) is 22.3 Å². The summed E-state index contributed by atoms with van der Waals surface area (Å²) in [6.45, 7) is 3.75. The maximum Gasteiger partial charge on any atom is 0.230 e. The van der Waals surface area contributed by atoms with Gasteiger partial charge in [-0.05, 0) is 65.2 Å². The fraction of sp³-hybridized carbons (Fsp3) is 0.100. The standard InChI is InChI=1S/C20H15BrN6O/c1-11-7-13(9-22)8-12(2)19(11)28-16-5-6-25-20(27-16)26-15-4-3-14(10-23)17(21)18(15)24/h3-8H,24H2,1-2H3,(H,25,26,27). The average molecular weight is 435 g/mol. The Kier molecular flexibility index (Phi) is 5.44. The van der Waals surface area contributed by atoms with Crippen LogP contribution in [-0.2, 0) is 0 Å². The number of nitrogens with zero attached hydrogens (tertiary/aromatic N) is 4. The molecule has 0 aliphatic carbocycles. The molecule has 2 aromatic carbocycles. The molecule has 0 atom stereocenters. The Hall–Kier alpha value is -3.62. The molecule has 0 bridgehead atoms. The Morgan fingerprint density at radius 1 is 1.11 bits per heavy atom. The number of aryl methyl sites for hydroxylation is 2. The van der Waals surface area contributed by atoms with E-state index in [0.717, 1.165) is 11.1 Å². The second-order valence-corrected chi connectivity index (χ2v) is 6.79. The van der Waals surface area contributed by atoms with Crippen molar-refractivity contribution in [1.82, 2.24) is 9.97 Å². The van der Waals surface area contributed by atoms with Gasteiger partial charge in [-0.15, -0.1) is 0 Å². The van der Waals surface area contributed by atoms with Crippen molar-refractivity contribution in [1.29, 1.82) is 10.5 Å². The molecule has 0 spiro atoms. The number of rotatable bonds is 4. The van der Waals surface area contributed by atoms with Gasteiger partial charge in [0.2, 0.25) is 11.8 Å². The number of hydrogen-bond acceptors (Lipinski definition) is 7. The number of nitrogens with two attached hydrogens (primary N) is 1. The van der Waals surface area contributed by atoms with Crippen LogP contribution in [0.15, 0.2) is 41.0 Å². The van der Waals surface area contributed by atoms with Crippen molar-refractivity contribution in [2.45, 2.75) is 13.8 Å². The molecule has 0 saturated heterocycles. The molecule has 3 aromatic rings. The highest BCUT2D eigenvalue weighted by Gasteiger charge is 2.12. The van der Waals surface area contributed by atoms with Crippen molar-refractivity contribution in [2.75, 3.05) is 11.1 Å². The maximum atomic E-state index is 9.07. The Morgan fingerprint density at radius 2 is 1.82 bits per heavy atom. The first-order valence-electron chi connectivity index (χ1n) is 8.20. The highest BCUT2D eigenvalue weighted by Crippen LogP contribution is 2.33. The topological polar surface area (TPSA) is 121 Å². The summed E-state index contributed by atoms with van der Waals surface area (Å²) < 4.78 is 6.43. The van der Waals surface area contributed by atoms with E-state index in [1.54, 1.807) is 36.5 Å². The second kappa shape index (κ2) is 7.95. The quantitative estimate of drug-likeness (QED) is 0.569. The Balaban J connectivity index is 1.88. The fourth-order valence-electron chi connectivity index (χ4n) is 2.65. The minimum absolute atomic E-state index is 0.296. The summed E-state index contributed by atoms with van der Waals surface area (Å²) in [5.74, 6) is 1.29. The molecule has 0 saturated carbocycles. The minimum atomic E-state index is 0.296. The molecule has 0 amide bonds. The third-order valence-corrected chi connectivity index (χ3v) is 4.83. The normalized spacial score (nSPS) is 10.0. The van der Waals surface area contributed by atoms with Gasteiger partial charge >= 0.3 is 0 Å². The van der Waals surface area contributed by atoms with Crippen LogP contribution in [0.5, 0.6) is 11.6 Å². The number of nitrogen functional groups attached to an aromatic ring is 1. The Morgan fingerprint density at radius 3 is 2.46 bits per heavy atom. The lowest BCUT2D eigenvalue weighted by molar-refractivity contribution is 0.455. The van der Waals surface area contributed by atoms with Gasteiger partial charge in [0.1, 0.15) is 11.8 Å². The van der Waals surface area contributed by atoms with E-state index >= 15 is 0 Å². The summed E-state index contributed by atoms with van der Waals surface area (Å²) in [5.41, 5.74) is 9.70. The van der Waals surface area contributed by atoms with Gasteiger partial charge in [0.15, 0.2) is 0 Å². The molecule has 0 aliphatic rings. The SMILES string of the molecule is Cc1cc(C#N)cc(C)c1Oc1ccnc(Nc2ccc(C#N)c(Br)c2N)n1. The summed E-state index contributed by atoms with van der Waals surface area (Å²) in [6, 6.07) is 12.7. The van der Waals surface area contributed by atoms with E-state index in [9.17, 15) is 0 Å². The van der Waals surface area contributed by atoms with E-state index in [1.807, 2.05) is 13.8 Å². The molecule has 28 heavy (non-hydrogen) atoms. The maximum absolute atomic E-state index is 9.07. The van der Waals surface area contributed by atoms with Crippen molar-refractivity contribution < 1.29 is 4.74 Å². The summed E-state index contributed by atoms with van der Waals surface area (Å²) >= 11 is 3.32. The van der Waals surface area contributed by atoms with Gasteiger partial charge in [0, 0.05) is 12.3 Å². The van der Waals surface area contributed by atoms with Crippen LogP contribution in [0, 0.1) is 36.5 Å². The number of nitriles is 2. The predicted molar refractivity (Wildman–Crippen MR) is 109 cm³/mol. The molecule has 7 nitrogen and oxygen atoms in total. The molecular weight excluding hydrogens is 420 g/mol. The summed E-state index contributed by atoms with van der Waals surface area (Å²) in [4.78, 5) is 8.54. The third kappa shape index (κ3) is 3.88. The zero-order valence-corrected chi connectivity index (χ0v) is 16.7. The van der Waals surface area contributed by atoms with Crippen LogP contribution in [0.25, 0.3) is 0 Å². The van der Waals surface area contributed by atoms with Crippen molar-refractivity contribution in [2.24, 2.45) is 0 Å². The monoisotopic (exact) mass is 434 g/mol. The molecule has 138 valence electrons. The fourth-order valence-corrected chi connectivity index (χ4v) is 3.08. The second-order valence-electron chi connectivity index (χ2n) is 6.00. The highest BCUT2D eigenvalue weighted by atomic mass is 79.9. The summed E-state index contributed by atoms with van der Waals surface area (Å²) in [7, 11) is 0. The zero-order valence-electron chi connectivity index (χ0n) is 15.1. The molecule has 1 aromatic heterocycles. The zero-order chi connectivity index (χ0) is 20.3.